The van der Waals surface area contributed by atoms with E-state index in [0.717, 1.165) is 6.07 Å². The molecule has 28 heavy (non-hydrogen) atoms. The van der Waals surface area contributed by atoms with Crippen molar-refractivity contribution in [1.82, 2.24) is 9.78 Å². The highest BCUT2D eigenvalue weighted by Gasteiger charge is 2.24. The van der Waals surface area contributed by atoms with E-state index in [4.69, 9.17) is 0 Å². The molecule has 1 atom stereocenters. The maximum atomic E-state index is 13.8. The Balaban J connectivity index is 2.04. The van der Waals surface area contributed by atoms with Crippen LogP contribution in [0.15, 0.2) is 41.2 Å². The summed E-state index contributed by atoms with van der Waals surface area (Å²) in [6.07, 6.45) is 0. The first kappa shape index (κ1) is 19.1. The van der Waals surface area contributed by atoms with Gasteiger partial charge in [-0.25, -0.2) is 22.6 Å². The van der Waals surface area contributed by atoms with Crippen LogP contribution >= 0.6 is 0 Å². The standard InChI is InChI=1S/C18H12F3N3O4/c1-8(16(25)22-12-7-6-11(19)13(20)14(12)21)24-17(26)10-5-3-2-4-9(10)15(23-24)18(27)28/h2-8H,1H3,(H,22,25)(H,27,28)/t8-/m0/s1. The number of carbonyl (C=O) groups is 2. The van der Waals surface area contributed by atoms with Crippen LogP contribution in [0.4, 0.5) is 18.9 Å². The fourth-order valence-electron chi connectivity index (χ4n) is 2.60. The molecule has 10 heteroatoms. The van der Waals surface area contributed by atoms with Crippen LogP contribution < -0.4 is 10.9 Å². The van der Waals surface area contributed by atoms with Crippen molar-refractivity contribution in [3.63, 3.8) is 0 Å². The zero-order chi connectivity index (χ0) is 20.6. The normalized spacial score (nSPS) is 12.0. The molecule has 1 aromatic heterocycles. The van der Waals surface area contributed by atoms with E-state index in [1.165, 1.54) is 31.2 Å². The summed E-state index contributed by atoms with van der Waals surface area (Å²) in [5, 5.41) is 15.2. The molecular formula is C18H12F3N3O4. The maximum absolute atomic E-state index is 13.8. The molecule has 0 bridgehead atoms. The molecule has 0 radical (unpaired) electrons. The Labute approximate surface area is 155 Å². The molecule has 3 rings (SSSR count). The van der Waals surface area contributed by atoms with Gasteiger partial charge in [-0.1, -0.05) is 18.2 Å². The van der Waals surface area contributed by atoms with Gasteiger partial charge in [-0.3, -0.25) is 9.59 Å². The first-order valence-corrected chi connectivity index (χ1v) is 7.91. The Kier molecular flexibility index (Phi) is 4.87. The largest absolute Gasteiger partial charge is 0.476 e. The topological polar surface area (TPSA) is 101 Å². The molecule has 0 aliphatic carbocycles. The number of hydrogen-bond donors (Lipinski definition) is 2. The zero-order valence-corrected chi connectivity index (χ0v) is 14.2. The number of amides is 1. The summed E-state index contributed by atoms with van der Waals surface area (Å²) in [4.78, 5) is 36.5. The van der Waals surface area contributed by atoms with Gasteiger partial charge in [0, 0.05) is 5.39 Å². The monoisotopic (exact) mass is 391 g/mol. The van der Waals surface area contributed by atoms with Crippen LogP contribution in [-0.2, 0) is 4.79 Å². The number of halogens is 3. The second kappa shape index (κ2) is 7.14. The molecule has 144 valence electrons. The smallest absolute Gasteiger partial charge is 0.357 e. The number of nitrogens with one attached hydrogen (secondary N) is 1. The molecule has 3 aromatic rings. The average Bonchev–Trinajstić information content (AvgIpc) is 2.68. The van der Waals surface area contributed by atoms with Gasteiger partial charge in [-0.2, -0.15) is 5.10 Å². The molecule has 0 unspecified atom stereocenters. The number of carboxylic acids is 1. The van der Waals surface area contributed by atoms with E-state index in [1.54, 1.807) is 0 Å². The molecule has 0 aliphatic rings. The fourth-order valence-corrected chi connectivity index (χ4v) is 2.60. The van der Waals surface area contributed by atoms with Gasteiger partial charge in [-0.05, 0) is 25.1 Å². The van der Waals surface area contributed by atoms with E-state index in [9.17, 15) is 32.7 Å². The number of carbonyl (C=O) groups excluding carboxylic acids is 1. The molecule has 0 spiro atoms. The summed E-state index contributed by atoms with van der Waals surface area (Å²) in [5.74, 6) is -7.19. The molecule has 2 N–H and O–H groups in total. The quantitative estimate of drug-likeness (QED) is 0.666. The van der Waals surface area contributed by atoms with Crippen LogP contribution in [0, 0.1) is 17.5 Å². The van der Waals surface area contributed by atoms with Crippen LogP contribution in [-0.4, -0.2) is 26.8 Å². The molecule has 0 aliphatic heterocycles. The number of benzene rings is 2. The molecule has 0 saturated carbocycles. The van der Waals surface area contributed by atoms with Crippen molar-refractivity contribution in [2.75, 3.05) is 5.32 Å². The third-order valence-electron chi connectivity index (χ3n) is 4.07. The number of fused-ring (bicyclic) bond motifs is 1. The SMILES string of the molecule is C[C@@H](C(=O)Nc1ccc(F)c(F)c1F)n1nc(C(=O)O)c2ccccc2c1=O. The molecule has 1 heterocycles. The van der Waals surface area contributed by atoms with Crippen molar-refractivity contribution in [1.29, 1.82) is 0 Å². The van der Waals surface area contributed by atoms with Crippen LogP contribution in [0.3, 0.4) is 0 Å². The number of carboxylic acid groups (broad SMARTS) is 1. The molecular weight excluding hydrogens is 379 g/mol. The fraction of sp³-hybridized carbons (Fsp3) is 0.111. The van der Waals surface area contributed by atoms with Crippen molar-refractivity contribution < 1.29 is 27.9 Å². The van der Waals surface area contributed by atoms with E-state index in [1.807, 2.05) is 5.32 Å². The number of aromatic carboxylic acids is 1. The van der Waals surface area contributed by atoms with Crippen molar-refractivity contribution in [3.05, 3.63) is 69.9 Å². The number of aromatic nitrogens is 2. The predicted molar refractivity (Wildman–Crippen MR) is 92.6 cm³/mol. The first-order chi connectivity index (χ1) is 13.2. The second-order valence-corrected chi connectivity index (χ2v) is 5.84. The number of anilines is 1. The first-order valence-electron chi connectivity index (χ1n) is 7.91. The van der Waals surface area contributed by atoms with Crippen molar-refractivity contribution in [2.45, 2.75) is 13.0 Å². The Hall–Kier alpha value is -3.69. The van der Waals surface area contributed by atoms with Gasteiger partial charge in [0.2, 0.25) is 5.91 Å². The van der Waals surface area contributed by atoms with Crippen molar-refractivity contribution >= 4 is 28.3 Å². The third-order valence-corrected chi connectivity index (χ3v) is 4.07. The van der Waals surface area contributed by atoms with E-state index < -0.39 is 52.3 Å². The second-order valence-electron chi connectivity index (χ2n) is 5.84. The molecule has 0 fully saturated rings. The van der Waals surface area contributed by atoms with Crippen LogP contribution in [0.2, 0.25) is 0 Å². The maximum Gasteiger partial charge on any atom is 0.357 e. The summed E-state index contributed by atoms with van der Waals surface area (Å²) in [7, 11) is 0. The van der Waals surface area contributed by atoms with Crippen molar-refractivity contribution in [3.8, 4) is 0 Å². The van der Waals surface area contributed by atoms with Gasteiger partial charge in [0.15, 0.2) is 23.1 Å². The number of nitrogens with zero attached hydrogens (tertiary/aromatic N) is 2. The average molecular weight is 391 g/mol. The van der Waals surface area contributed by atoms with Gasteiger partial charge >= 0.3 is 5.97 Å². The summed E-state index contributed by atoms with van der Waals surface area (Å²) >= 11 is 0. The lowest BCUT2D eigenvalue weighted by Gasteiger charge is -2.16. The van der Waals surface area contributed by atoms with Crippen molar-refractivity contribution in [2.24, 2.45) is 0 Å². The molecule has 1 amide bonds. The highest BCUT2D eigenvalue weighted by molar-refractivity contribution is 6.01. The van der Waals surface area contributed by atoms with E-state index >= 15 is 0 Å². The van der Waals surface area contributed by atoms with Gasteiger partial charge in [0.05, 0.1) is 11.1 Å². The van der Waals surface area contributed by atoms with E-state index in [0.29, 0.717) is 10.7 Å². The lowest BCUT2D eigenvalue weighted by atomic mass is 10.1. The van der Waals surface area contributed by atoms with Crippen LogP contribution in [0.25, 0.3) is 10.8 Å². The minimum atomic E-state index is -1.76. The van der Waals surface area contributed by atoms with E-state index in [2.05, 4.69) is 5.10 Å². The Bertz CT molecular complexity index is 1180. The van der Waals surface area contributed by atoms with Gasteiger partial charge in [0.25, 0.3) is 5.56 Å². The van der Waals surface area contributed by atoms with Gasteiger partial charge in [-0.15, -0.1) is 0 Å². The third kappa shape index (κ3) is 3.20. The molecule has 7 nitrogen and oxygen atoms in total. The Morgan fingerprint density at radius 2 is 1.71 bits per heavy atom. The van der Waals surface area contributed by atoms with Gasteiger partial charge in [0.1, 0.15) is 6.04 Å². The number of rotatable bonds is 4. The van der Waals surface area contributed by atoms with Crippen LogP contribution in [0.5, 0.6) is 0 Å². The van der Waals surface area contributed by atoms with Gasteiger partial charge < -0.3 is 10.4 Å². The summed E-state index contributed by atoms with van der Waals surface area (Å²) in [6, 6.07) is 5.89. The lowest BCUT2D eigenvalue weighted by molar-refractivity contribution is -0.119. The molecule has 2 aromatic carbocycles. The zero-order valence-electron chi connectivity index (χ0n) is 14.2. The Morgan fingerprint density at radius 3 is 2.36 bits per heavy atom. The summed E-state index contributed by atoms with van der Waals surface area (Å²) in [5.41, 5.74) is -1.83. The minimum Gasteiger partial charge on any atom is -0.476 e. The highest BCUT2D eigenvalue weighted by atomic mass is 19.2. The highest BCUT2D eigenvalue weighted by Crippen LogP contribution is 2.21. The lowest BCUT2D eigenvalue weighted by Crippen LogP contribution is -2.35. The predicted octanol–water partition coefficient (Wildman–Crippen LogP) is 2.71. The van der Waals surface area contributed by atoms with Crippen LogP contribution in [0.1, 0.15) is 23.5 Å². The molecule has 0 saturated heterocycles. The minimum absolute atomic E-state index is 0.0218. The number of hydrogen-bond acceptors (Lipinski definition) is 4. The van der Waals surface area contributed by atoms with E-state index in [-0.39, 0.29) is 10.8 Å². The Morgan fingerprint density at radius 1 is 1.07 bits per heavy atom. The summed E-state index contributed by atoms with van der Waals surface area (Å²) < 4.78 is 40.7. The summed E-state index contributed by atoms with van der Waals surface area (Å²) in [6.45, 7) is 1.22.